The van der Waals surface area contributed by atoms with E-state index in [0.29, 0.717) is 0 Å². The Balaban J connectivity index is 1.74. The molecule has 0 unspecified atom stereocenters. The molecule has 0 spiro atoms. The smallest absolute Gasteiger partial charge is 0.191 e. The van der Waals surface area contributed by atoms with Crippen molar-refractivity contribution in [3.05, 3.63) is 45.9 Å². The van der Waals surface area contributed by atoms with Gasteiger partial charge in [-0.05, 0) is 24.6 Å². The van der Waals surface area contributed by atoms with E-state index in [1.165, 1.54) is 5.56 Å². The van der Waals surface area contributed by atoms with Crippen molar-refractivity contribution >= 4 is 17.3 Å². The third-order valence-electron chi connectivity index (χ3n) is 3.18. The molecular formula is C16H22N4OS. The van der Waals surface area contributed by atoms with Gasteiger partial charge in [-0.1, -0.05) is 12.1 Å². The number of guanidine groups is 1. The maximum absolute atomic E-state index is 5.15. The van der Waals surface area contributed by atoms with Gasteiger partial charge < -0.3 is 15.4 Å². The molecule has 2 aromatic rings. The first-order chi connectivity index (χ1) is 10.7. The maximum atomic E-state index is 5.15. The molecule has 0 amide bonds. The van der Waals surface area contributed by atoms with Crippen LogP contribution in [0.5, 0.6) is 5.75 Å². The highest BCUT2D eigenvalue weighted by atomic mass is 32.1. The molecule has 0 aliphatic rings. The summed E-state index contributed by atoms with van der Waals surface area (Å²) in [5.41, 5.74) is 2.31. The Morgan fingerprint density at radius 1 is 1.27 bits per heavy atom. The Bertz CT molecular complexity index is 607. The van der Waals surface area contributed by atoms with E-state index in [-0.39, 0.29) is 0 Å². The van der Waals surface area contributed by atoms with Crippen LogP contribution in [-0.2, 0) is 13.0 Å². The molecule has 22 heavy (non-hydrogen) atoms. The predicted octanol–water partition coefficient (Wildman–Crippen LogP) is 2.37. The van der Waals surface area contributed by atoms with Crippen LogP contribution in [0.3, 0.4) is 0 Å². The number of hydrogen-bond acceptors (Lipinski definition) is 4. The lowest BCUT2D eigenvalue weighted by molar-refractivity contribution is 0.414. The highest BCUT2D eigenvalue weighted by molar-refractivity contribution is 7.09. The number of ether oxygens (including phenoxy) is 1. The first-order valence-corrected chi connectivity index (χ1v) is 8.07. The second-order valence-electron chi connectivity index (χ2n) is 4.81. The molecule has 0 bridgehead atoms. The molecule has 0 aliphatic heterocycles. The summed E-state index contributed by atoms with van der Waals surface area (Å²) >= 11 is 1.68. The van der Waals surface area contributed by atoms with Crippen LogP contribution in [0.4, 0.5) is 0 Å². The van der Waals surface area contributed by atoms with Crippen LogP contribution >= 0.6 is 11.3 Å². The zero-order valence-corrected chi connectivity index (χ0v) is 14.0. The van der Waals surface area contributed by atoms with E-state index >= 15 is 0 Å². The Labute approximate surface area is 135 Å². The van der Waals surface area contributed by atoms with Gasteiger partial charge >= 0.3 is 0 Å². The number of hydrogen-bond donors (Lipinski definition) is 2. The second-order valence-corrected chi connectivity index (χ2v) is 5.87. The number of benzene rings is 1. The minimum absolute atomic E-state index is 0.722. The van der Waals surface area contributed by atoms with Gasteiger partial charge in [0.2, 0.25) is 0 Å². The van der Waals surface area contributed by atoms with Gasteiger partial charge in [-0.15, -0.1) is 11.3 Å². The number of methoxy groups -OCH3 is 1. The van der Waals surface area contributed by atoms with E-state index in [2.05, 4.69) is 26.0 Å². The van der Waals surface area contributed by atoms with Gasteiger partial charge in [-0.3, -0.25) is 4.99 Å². The molecule has 118 valence electrons. The first-order valence-electron chi connectivity index (χ1n) is 7.19. The average molecular weight is 318 g/mol. The molecule has 0 aliphatic carbocycles. The molecule has 2 rings (SSSR count). The largest absolute Gasteiger partial charge is 0.497 e. The van der Waals surface area contributed by atoms with Crippen molar-refractivity contribution in [2.75, 3.05) is 20.7 Å². The predicted molar refractivity (Wildman–Crippen MR) is 91.8 cm³/mol. The third-order valence-corrected chi connectivity index (χ3v) is 4.01. The number of thiazole rings is 1. The van der Waals surface area contributed by atoms with Gasteiger partial charge in [0.1, 0.15) is 5.75 Å². The summed E-state index contributed by atoms with van der Waals surface area (Å²) in [5, 5.41) is 9.80. The molecule has 2 N–H and O–H groups in total. The molecule has 1 heterocycles. The molecule has 0 atom stereocenters. The quantitative estimate of drug-likeness (QED) is 0.634. The van der Waals surface area contributed by atoms with Gasteiger partial charge in [-0.25, -0.2) is 4.98 Å². The Kier molecular flexibility index (Phi) is 6.21. The summed E-state index contributed by atoms with van der Waals surface area (Å²) in [6, 6.07) is 7.99. The van der Waals surface area contributed by atoms with Crippen LogP contribution in [0.2, 0.25) is 0 Å². The SMILES string of the molecule is CN=C(NCCc1csc(C)n1)NCc1ccc(OC)cc1. The van der Waals surface area contributed by atoms with Crippen molar-refractivity contribution in [2.24, 2.45) is 4.99 Å². The minimum atomic E-state index is 0.722. The van der Waals surface area contributed by atoms with E-state index < -0.39 is 0 Å². The van der Waals surface area contributed by atoms with Gasteiger partial charge in [0.15, 0.2) is 5.96 Å². The maximum Gasteiger partial charge on any atom is 0.191 e. The van der Waals surface area contributed by atoms with Crippen molar-refractivity contribution in [3.8, 4) is 5.75 Å². The van der Waals surface area contributed by atoms with Crippen LogP contribution in [0, 0.1) is 6.92 Å². The van der Waals surface area contributed by atoms with Crippen molar-refractivity contribution in [1.82, 2.24) is 15.6 Å². The summed E-state index contributed by atoms with van der Waals surface area (Å²) in [6.45, 7) is 3.56. The lowest BCUT2D eigenvalue weighted by Gasteiger charge is -2.11. The molecule has 1 aromatic heterocycles. The van der Waals surface area contributed by atoms with Crippen LogP contribution in [0.1, 0.15) is 16.3 Å². The van der Waals surface area contributed by atoms with Gasteiger partial charge in [0, 0.05) is 31.9 Å². The molecule has 0 radical (unpaired) electrons. The normalized spacial score (nSPS) is 11.3. The number of aliphatic imine (C=N–C) groups is 1. The van der Waals surface area contributed by atoms with Crippen molar-refractivity contribution in [1.29, 1.82) is 0 Å². The average Bonchev–Trinajstić information content (AvgIpc) is 2.96. The molecule has 0 saturated carbocycles. The van der Waals surface area contributed by atoms with Gasteiger partial charge in [-0.2, -0.15) is 0 Å². The lowest BCUT2D eigenvalue weighted by Crippen LogP contribution is -2.37. The minimum Gasteiger partial charge on any atom is -0.497 e. The van der Waals surface area contributed by atoms with Crippen LogP contribution < -0.4 is 15.4 Å². The lowest BCUT2D eigenvalue weighted by atomic mass is 10.2. The van der Waals surface area contributed by atoms with E-state index in [1.807, 2.05) is 31.2 Å². The molecule has 6 heteroatoms. The van der Waals surface area contributed by atoms with Crippen molar-refractivity contribution in [3.63, 3.8) is 0 Å². The second kappa shape index (κ2) is 8.38. The number of aromatic nitrogens is 1. The summed E-state index contributed by atoms with van der Waals surface area (Å²) in [5.74, 6) is 1.66. The van der Waals surface area contributed by atoms with Crippen molar-refractivity contribution in [2.45, 2.75) is 19.9 Å². The Morgan fingerprint density at radius 2 is 2.05 bits per heavy atom. The van der Waals surface area contributed by atoms with E-state index in [1.54, 1.807) is 25.5 Å². The highest BCUT2D eigenvalue weighted by Gasteiger charge is 2.01. The summed E-state index contributed by atoms with van der Waals surface area (Å²) in [4.78, 5) is 8.67. The first kappa shape index (κ1) is 16.3. The summed E-state index contributed by atoms with van der Waals surface area (Å²) in [6.07, 6.45) is 0.896. The third kappa shape index (κ3) is 5.04. The van der Waals surface area contributed by atoms with Crippen LogP contribution in [0.15, 0.2) is 34.6 Å². The summed E-state index contributed by atoms with van der Waals surface area (Å²) < 4.78 is 5.15. The topological polar surface area (TPSA) is 58.5 Å². The Hall–Kier alpha value is -2.08. The number of nitrogens with zero attached hydrogens (tertiary/aromatic N) is 2. The monoisotopic (exact) mass is 318 g/mol. The fourth-order valence-electron chi connectivity index (χ4n) is 1.98. The summed E-state index contributed by atoms with van der Waals surface area (Å²) in [7, 11) is 3.44. The molecular weight excluding hydrogens is 296 g/mol. The zero-order valence-electron chi connectivity index (χ0n) is 13.2. The van der Waals surface area contributed by atoms with Crippen LogP contribution in [0.25, 0.3) is 0 Å². The molecule has 1 aromatic carbocycles. The van der Waals surface area contributed by atoms with E-state index in [4.69, 9.17) is 4.74 Å². The van der Waals surface area contributed by atoms with Crippen LogP contribution in [-0.4, -0.2) is 31.6 Å². The van der Waals surface area contributed by atoms with Crippen molar-refractivity contribution < 1.29 is 4.74 Å². The highest BCUT2D eigenvalue weighted by Crippen LogP contribution is 2.11. The molecule has 0 saturated heterocycles. The van der Waals surface area contributed by atoms with E-state index in [9.17, 15) is 0 Å². The van der Waals surface area contributed by atoms with Gasteiger partial charge in [0.25, 0.3) is 0 Å². The fraction of sp³-hybridized carbons (Fsp3) is 0.375. The molecule has 5 nitrogen and oxygen atoms in total. The zero-order chi connectivity index (χ0) is 15.8. The number of rotatable bonds is 6. The van der Waals surface area contributed by atoms with E-state index in [0.717, 1.165) is 41.9 Å². The Morgan fingerprint density at radius 3 is 2.64 bits per heavy atom. The van der Waals surface area contributed by atoms with Gasteiger partial charge in [0.05, 0.1) is 17.8 Å². The number of aryl methyl sites for hydroxylation is 1. The standard InChI is InChI=1S/C16H22N4OS/c1-12-20-14(11-22-12)8-9-18-16(17-2)19-10-13-4-6-15(21-3)7-5-13/h4-7,11H,8-10H2,1-3H3,(H2,17,18,19). The number of nitrogens with one attached hydrogen (secondary N) is 2. The molecule has 0 fully saturated rings. The fourth-order valence-corrected chi connectivity index (χ4v) is 2.63.